The van der Waals surface area contributed by atoms with Crippen LogP contribution in [0.4, 0.5) is 0 Å². The van der Waals surface area contributed by atoms with Gasteiger partial charge in [-0.25, -0.2) is 0 Å². The van der Waals surface area contributed by atoms with E-state index in [1.54, 1.807) is 0 Å². The molecule has 0 bridgehead atoms. The van der Waals surface area contributed by atoms with E-state index in [1.807, 2.05) is 18.2 Å². The van der Waals surface area contributed by atoms with Gasteiger partial charge in [-0.05, 0) is 48.4 Å². The maximum Gasteiger partial charge on any atom is 0.327 e. The second-order valence-corrected chi connectivity index (χ2v) is 7.33. The first-order valence-electron chi connectivity index (χ1n) is 8.24. The zero-order valence-electron chi connectivity index (χ0n) is 13.4. The Balaban J connectivity index is 1.43. The molecule has 0 saturated heterocycles. The van der Waals surface area contributed by atoms with Crippen LogP contribution >= 0.6 is 11.3 Å². The van der Waals surface area contributed by atoms with E-state index in [0.717, 1.165) is 36.1 Å². The van der Waals surface area contributed by atoms with E-state index < -0.39 is 17.7 Å². The van der Waals surface area contributed by atoms with Gasteiger partial charge in [-0.1, -0.05) is 24.3 Å². The first kappa shape index (κ1) is 15.8. The van der Waals surface area contributed by atoms with Crippen molar-refractivity contribution in [2.45, 2.75) is 31.7 Å². The second-order valence-electron chi connectivity index (χ2n) is 6.28. The van der Waals surface area contributed by atoms with Gasteiger partial charge in [0.05, 0.1) is 4.88 Å². The number of carbonyl (C=O) groups is 3. The molecule has 4 rings (SSSR count). The number of hydrogen-bond acceptors (Lipinski definition) is 4. The van der Waals surface area contributed by atoms with Crippen LogP contribution in [0.5, 0.6) is 0 Å². The number of hydrogen-bond donors (Lipinski definition) is 3. The van der Waals surface area contributed by atoms with Gasteiger partial charge >= 0.3 is 11.8 Å². The number of aryl methyl sites for hydroxylation is 2. The average molecular weight is 355 g/mol. The fourth-order valence-electron chi connectivity index (χ4n) is 2.89. The Bertz CT molecular complexity index is 870. The first-order valence-corrected chi connectivity index (χ1v) is 9.05. The lowest BCUT2D eigenvalue weighted by atomic mass is 9.91. The molecule has 3 amide bonds. The molecule has 0 radical (unpaired) electrons. The van der Waals surface area contributed by atoms with Gasteiger partial charge in [0.2, 0.25) is 0 Å². The van der Waals surface area contributed by atoms with E-state index in [2.05, 4.69) is 28.3 Å². The fourth-order valence-corrected chi connectivity index (χ4v) is 4.06. The lowest BCUT2D eigenvalue weighted by Gasteiger charge is -2.15. The largest absolute Gasteiger partial charge is 0.345 e. The molecule has 7 heteroatoms. The van der Waals surface area contributed by atoms with Crippen molar-refractivity contribution in [3.8, 4) is 10.4 Å². The third-order valence-electron chi connectivity index (χ3n) is 4.37. The monoisotopic (exact) mass is 355 g/mol. The molecule has 0 spiro atoms. The Morgan fingerprint density at radius 1 is 0.960 bits per heavy atom. The quantitative estimate of drug-likeness (QED) is 0.564. The molecule has 0 unspecified atom stereocenters. The van der Waals surface area contributed by atoms with Gasteiger partial charge in [0.25, 0.3) is 5.91 Å². The van der Waals surface area contributed by atoms with Crippen molar-refractivity contribution in [3.63, 3.8) is 0 Å². The average Bonchev–Trinajstić information content (AvgIpc) is 3.33. The molecule has 1 saturated carbocycles. The third kappa shape index (κ3) is 3.28. The zero-order valence-corrected chi connectivity index (χ0v) is 14.2. The summed E-state index contributed by atoms with van der Waals surface area (Å²) in [6, 6.07) is 10.1. The Labute approximate surface area is 148 Å². The lowest BCUT2D eigenvalue weighted by Crippen LogP contribution is -2.48. The number of hydrazine groups is 1. The Morgan fingerprint density at radius 3 is 2.52 bits per heavy atom. The molecular formula is C18H17N3O3S. The number of amides is 3. The van der Waals surface area contributed by atoms with Gasteiger partial charge in [-0.3, -0.25) is 25.2 Å². The van der Waals surface area contributed by atoms with Crippen molar-refractivity contribution in [3.05, 3.63) is 46.3 Å². The lowest BCUT2D eigenvalue weighted by molar-refractivity contribution is -0.139. The topological polar surface area (TPSA) is 87.3 Å². The van der Waals surface area contributed by atoms with Crippen LogP contribution in [0.2, 0.25) is 0 Å². The molecule has 1 heterocycles. The second kappa shape index (κ2) is 6.33. The van der Waals surface area contributed by atoms with Gasteiger partial charge < -0.3 is 5.32 Å². The van der Waals surface area contributed by atoms with Crippen LogP contribution in [-0.2, 0) is 22.4 Å². The maximum absolute atomic E-state index is 12.3. The predicted molar refractivity (Wildman–Crippen MR) is 93.9 cm³/mol. The summed E-state index contributed by atoms with van der Waals surface area (Å²) in [7, 11) is 0. The molecule has 0 aliphatic heterocycles. The highest BCUT2D eigenvalue weighted by atomic mass is 32.1. The summed E-state index contributed by atoms with van der Waals surface area (Å²) in [5.41, 5.74) is 8.09. The standard InChI is InChI=1S/C18H17N3O3S/c22-16(20-21-18(24)17(23)19-12-7-8-12)14-9-11-6-5-10-3-1-2-4-13(10)15(11)25-14/h1-4,9,12H,5-8H2,(H,19,23)(H,20,22)(H,21,24). The van der Waals surface area contributed by atoms with Crippen LogP contribution in [0, 0.1) is 0 Å². The van der Waals surface area contributed by atoms with Crippen molar-refractivity contribution in [2.75, 3.05) is 0 Å². The van der Waals surface area contributed by atoms with Crippen LogP contribution < -0.4 is 16.2 Å². The number of nitrogens with one attached hydrogen (secondary N) is 3. The summed E-state index contributed by atoms with van der Waals surface area (Å²) in [6.45, 7) is 0. The number of fused-ring (bicyclic) bond motifs is 3. The molecule has 1 fully saturated rings. The van der Waals surface area contributed by atoms with Crippen LogP contribution in [0.15, 0.2) is 30.3 Å². The van der Waals surface area contributed by atoms with E-state index in [0.29, 0.717) is 4.88 Å². The fraction of sp³-hybridized carbons (Fsp3) is 0.278. The first-order chi connectivity index (χ1) is 12.1. The molecule has 6 nitrogen and oxygen atoms in total. The normalized spacial score (nSPS) is 14.9. The van der Waals surface area contributed by atoms with Crippen molar-refractivity contribution < 1.29 is 14.4 Å². The molecule has 2 aliphatic rings. The van der Waals surface area contributed by atoms with Crippen LogP contribution in [0.3, 0.4) is 0 Å². The third-order valence-corrected chi connectivity index (χ3v) is 5.58. The predicted octanol–water partition coefficient (Wildman–Crippen LogP) is 1.55. The summed E-state index contributed by atoms with van der Waals surface area (Å²) in [4.78, 5) is 37.1. The van der Waals surface area contributed by atoms with E-state index in [1.165, 1.54) is 22.5 Å². The van der Waals surface area contributed by atoms with Gasteiger partial charge in [0.15, 0.2) is 0 Å². The number of rotatable bonds is 2. The van der Waals surface area contributed by atoms with Crippen LogP contribution in [-0.4, -0.2) is 23.8 Å². The summed E-state index contributed by atoms with van der Waals surface area (Å²) in [6.07, 6.45) is 3.65. The molecule has 1 aromatic carbocycles. The summed E-state index contributed by atoms with van der Waals surface area (Å²) in [5, 5.41) is 2.57. The molecule has 2 aromatic rings. The van der Waals surface area contributed by atoms with E-state index >= 15 is 0 Å². The van der Waals surface area contributed by atoms with E-state index in [-0.39, 0.29) is 6.04 Å². The Morgan fingerprint density at radius 2 is 1.72 bits per heavy atom. The van der Waals surface area contributed by atoms with Gasteiger partial charge in [-0.2, -0.15) is 0 Å². The highest BCUT2D eigenvalue weighted by molar-refractivity contribution is 7.17. The molecule has 25 heavy (non-hydrogen) atoms. The minimum absolute atomic E-state index is 0.0954. The van der Waals surface area contributed by atoms with E-state index in [4.69, 9.17) is 0 Å². The van der Waals surface area contributed by atoms with Crippen LogP contribution in [0.1, 0.15) is 33.6 Å². The highest BCUT2D eigenvalue weighted by Crippen LogP contribution is 2.39. The van der Waals surface area contributed by atoms with Crippen LogP contribution in [0.25, 0.3) is 10.4 Å². The summed E-state index contributed by atoms with van der Waals surface area (Å²) in [5.74, 6) is -1.99. The molecule has 1 aromatic heterocycles. The number of carbonyl (C=O) groups excluding carboxylic acids is 3. The number of thiophene rings is 1. The molecule has 3 N–H and O–H groups in total. The summed E-state index contributed by atoms with van der Waals surface area (Å²) < 4.78 is 0. The van der Waals surface area contributed by atoms with Gasteiger partial charge in [0.1, 0.15) is 0 Å². The Kier molecular flexibility index (Phi) is 4.01. The van der Waals surface area contributed by atoms with Gasteiger partial charge in [0, 0.05) is 10.9 Å². The maximum atomic E-state index is 12.3. The molecule has 128 valence electrons. The minimum atomic E-state index is -0.855. The number of benzene rings is 1. The SMILES string of the molecule is O=C(NNC(=O)c1cc2c(s1)-c1ccccc1CC2)C(=O)NC1CC1. The van der Waals surface area contributed by atoms with Gasteiger partial charge in [-0.15, -0.1) is 11.3 Å². The van der Waals surface area contributed by atoms with Crippen molar-refractivity contribution in [1.29, 1.82) is 0 Å². The van der Waals surface area contributed by atoms with Crippen molar-refractivity contribution in [2.24, 2.45) is 0 Å². The Hall–Kier alpha value is -2.67. The molecule has 2 aliphatic carbocycles. The molecule has 0 atom stereocenters. The van der Waals surface area contributed by atoms with E-state index in [9.17, 15) is 14.4 Å². The summed E-state index contributed by atoms with van der Waals surface area (Å²) >= 11 is 1.40. The smallest absolute Gasteiger partial charge is 0.327 e. The van der Waals surface area contributed by atoms with Crippen molar-refractivity contribution in [1.82, 2.24) is 16.2 Å². The highest BCUT2D eigenvalue weighted by Gasteiger charge is 2.27. The minimum Gasteiger partial charge on any atom is -0.345 e. The van der Waals surface area contributed by atoms with Crippen molar-refractivity contribution >= 4 is 29.1 Å². The zero-order chi connectivity index (χ0) is 17.4. The molecular weight excluding hydrogens is 338 g/mol.